The zero-order valence-electron chi connectivity index (χ0n) is 20.2. The molecule has 1 fully saturated rings. The lowest BCUT2D eigenvalue weighted by Crippen LogP contribution is -2.29. The highest BCUT2D eigenvalue weighted by Gasteiger charge is 2.47. The number of anilines is 1. The van der Waals surface area contributed by atoms with Gasteiger partial charge in [-0.15, -0.1) is 0 Å². The first-order valence-electron chi connectivity index (χ1n) is 11.4. The third-order valence-electron chi connectivity index (χ3n) is 6.23. The molecule has 1 heterocycles. The maximum Gasteiger partial charge on any atom is 0.416 e. The molecular weight excluding hydrogens is 487 g/mol. The number of benzene rings is 3. The van der Waals surface area contributed by atoms with Gasteiger partial charge in [-0.2, -0.15) is 13.2 Å². The minimum atomic E-state index is -4.67. The SMILES string of the molecule is COc1ccc(/C(O)=C2/C(=O)C(=O)N(c3cccc(C(F)(F)F)c3)C2c2ccc(O)cc2)cc1C(C)C. The molecule has 1 amide bonds. The van der Waals surface area contributed by atoms with E-state index in [1.165, 1.54) is 43.5 Å². The highest BCUT2D eigenvalue weighted by atomic mass is 19.4. The molecule has 1 unspecified atom stereocenters. The molecule has 1 aliphatic heterocycles. The molecule has 1 saturated heterocycles. The molecule has 1 atom stereocenters. The van der Waals surface area contributed by atoms with Gasteiger partial charge in [-0.1, -0.05) is 32.0 Å². The molecule has 0 aliphatic carbocycles. The van der Waals surface area contributed by atoms with Crippen LogP contribution in [0.2, 0.25) is 0 Å². The van der Waals surface area contributed by atoms with E-state index in [-0.39, 0.29) is 28.5 Å². The van der Waals surface area contributed by atoms with Crippen LogP contribution in [0.3, 0.4) is 0 Å². The second-order valence-corrected chi connectivity index (χ2v) is 8.92. The van der Waals surface area contributed by atoms with Crippen molar-refractivity contribution in [2.75, 3.05) is 12.0 Å². The fourth-order valence-corrected chi connectivity index (χ4v) is 4.39. The van der Waals surface area contributed by atoms with E-state index in [1.54, 1.807) is 12.1 Å². The minimum Gasteiger partial charge on any atom is -0.508 e. The van der Waals surface area contributed by atoms with Crippen molar-refractivity contribution < 1.29 is 37.7 Å². The third-order valence-corrected chi connectivity index (χ3v) is 6.23. The van der Waals surface area contributed by atoms with Crippen LogP contribution < -0.4 is 9.64 Å². The normalized spacial score (nSPS) is 17.5. The number of nitrogens with zero attached hydrogens (tertiary/aromatic N) is 1. The number of hydrogen-bond donors (Lipinski definition) is 2. The average molecular weight is 511 g/mol. The quantitative estimate of drug-likeness (QED) is 0.243. The van der Waals surface area contributed by atoms with Gasteiger partial charge in [0.1, 0.15) is 17.3 Å². The maximum absolute atomic E-state index is 13.4. The summed E-state index contributed by atoms with van der Waals surface area (Å²) in [5.41, 5.74) is -0.128. The second kappa shape index (κ2) is 9.65. The number of carbonyl (C=O) groups excluding carboxylic acids is 2. The summed E-state index contributed by atoms with van der Waals surface area (Å²) >= 11 is 0. The van der Waals surface area contributed by atoms with Crippen LogP contribution in [0.1, 0.15) is 48.1 Å². The van der Waals surface area contributed by atoms with Crippen molar-refractivity contribution in [2.24, 2.45) is 0 Å². The van der Waals surface area contributed by atoms with Gasteiger partial charge in [-0.3, -0.25) is 14.5 Å². The molecule has 0 saturated carbocycles. The Morgan fingerprint density at radius 3 is 2.27 bits per heavy atom. The number of halogens is 3. The van der Waals surface area contributed by atoms with Crippen LogP contribution in [-0.2, 0) is 15.8 Å². The lowest BCUT2D eigenvalue weighted by molar-refractivity contribution is -0.137. The first kappa shape index (κ1) is 25.8. The van der Waals surface area contributed by atoms with Crippen LogP contribution in [0.4, 0.5) is 18.9 Å². The zero-order chi connectivity index (χ0) is 27.1. The van der Waals surface area contributed by atoms with Gasteiger partial charge < -0.3 is 14.9 Å². The lowest BCUT2D eigenvalue weighted by atomic mass is 9.93. The van der Waals surface area contributed by atoms with Gasteiger partial charge >= 0.3 is 6.18 Å². The number of hydrogen-bond acceptors (Lipinski definition) is 5. The fourth-order valence-electron chi connectivity index (χ4n) is 4.39. The van der Waals surface area contributed by atoms with Crippen molar-refractivity contribution in [1.29, 1.82) is 0 Å². The van der Waals surface area contributed by atoms with Crippen molar-refractivity contribution in [3.8, 4) is 11.5 Å². The number of phenolic OH excluding ortho intramolecular Hbond substituents is 1. The fraction of sp³-hybridized carbons (Fsp3) is 0.214. The number of Topliss-reactive ketones (excluding diaryl/α,β-unsaturated/α-hetero) is 1. The molecule has 0 bridgehead atoms. The topological polar surface area (TPSA) is 87.1 Å². The van der Waals surface area contributed by atoms with Gasteiger partial charge in [0, 0.05) is 11.3 Å². The largest absolute Gasteiger partial charge is 0.508 e. The predicted molar refractivity (Wildman–Crippen MR) is 131 cm³/mol. The predicted octanol–water partition coefficient (Wildman–Crippen LogP) is 6.17. The molecule has 0 aromatic heterocycles. The second-order valence-electron chi connectivity index (χ2n) is 8.92. The van der Waals surface area contributed by atoms with E-state index in [0.717, 1.165) is 28.7 Å². The number of rotatable bonds is 5. The van der Waals surface area contributed by atoms with Crippen LogP contribution in [0.5, 0.6) is 11.5 Å². The minimum absolute atomic E-state index is 0.00288. The van der Waals surface area contributed by atoms with Gasteiger partial charge in [0.15, 0.2) is 0 Å². The number of carbonyl (C=O) groups is 2. The Morgan fingerprint density at radius 2 is 1.68 bits per heavy atom. The van der Waals surface area contributed by atoms with Crippen molar-refractivity contribution in [3.63, 3.8) is 0 Å². The van der Waals surface area contributed by atoms with Crippen LogP contribution in [-0.4, -0.2) is 29.0 Å². The highest BCUT2D eigenvalue weighted by Crippen LogP contribution is 2.44. The monoisotopic (exact) mass is 511 g/mol. The van der Waals surface area contributed by atoms with Gasteiger partial charge in [-0.25, -0.2) is 0 Å². The Bertz CT molecular complexity index is 1390. The first-order valence-corrected chi connectivity index (χ1v) is 11.4. The molecule has 192 valence electrons. The summed E-state index contributed by atoms with van der Waals surface area (Å²) in [6.45, 7) is 3.84. The Balaban J connectivity index is 1.95. The Morgan fingerprint density at radius 1 is 1.00 bits per heavy atom. The van der Waals surface area contributed by atoms with E-state index in [9.17, 15) is 33.0 Å². The van der Waals surface area contributed by atoms with E-state index in [1.807, 2.05) is 13.8 Å². The number of ether oxygens (including phenoxy) is 1. The molecule has 4 rings (SSSR count). The molecule has 6 nitrogen and oxygen atoms in total. The molecule has 3 aromatic carbocycles. The van der Waals surface area contributed by atoms with E-state index >= 15 is 0 Å². The number of aliphatic hydroxyl groups is 1. The number of aliphatic hydroxyl groups excluding tert-OH is 1. The number of amides is 1. The standard InChI is InChI=1S/C28H24F3NO5/c1-15(2)21-13-17(9-12-22(21)37-3)25(34)23-24(16-7-10-20(33)11-8-16)32(27(36)26(23)35)19-6-4-5-18(14-19)28(29,30)31/h4-15,24,33-34H,1-3H3/b25-23-. The summed E-state index contributed by atoms with van der Waals surface area (Å²) in [4.78, 5) is 27.4. The number of methoxy groups -OCH3 is 1. The third kappa shape index (κ3) is 4.76. The van der Waals surface area contributed by atoms with Crippen LogP contribution in [0, 0.1) is 0 Å². The van der Waals surface area contributed by atoms with Crippen molar-refractivity contribution in [3.05, 3.63) is 94.6 Å². The Hall–Kier alpha value is -4.27. The summed E-state index contributed by atoms with van der Waals surface area (Å²) in [6, 6.07) is 13.2. The van der Waals surface area contributed by atoms with Gasteiger partial charge in [0.25, 0.3) is 11.7 Å². The zero-order valence-corrected chi connectivity index (χ0v) is 20.2. The Kier molecular flexibility index (Phi) is 6.73. The van der Waals surface area contributed by atoms with E-state index < -0.39 is 35.2 Å². The smallest absolute Gasteiger partial charge is 0.416 e. The van der Waals surface area contributed by atoms with Gasteiger partial charge in [0.05, 0.1) is 24.3 Å². The van der Waals surface area contributed by atoms with E-state index in [2.05, 4.69) is 0 Å². The molecule has 0 spiro atoms. The molecule has 3 aromatic rings. The molecule has 9 heteroatoms. The maximum atomic E-state index is 13.4. The molecule has 2 N–H and O–H groups in total. The highest BCUT2D eigenvalue weighted by molar-refractivity contribution is 6.51. The van der Waals surface area contributed by atoms with Gasteiger partial charge in [-0.05, 0) is 65.6 Å². The van der Waals surface area contributed by atoms with Crippen molar-refractivity contribution in [2.45, 2.75) is 32.0 Å². The van der Waals surface area contributed by atoms with Crippen LogP contribution in [0.25, 0.3) is 5.76 Å². The molecular formula is C28H24F3NO5. The van der Waals surface area contributed by atoms with Gasteiger partial charge in [0.2, 0.25) is 0 Å². The van der Waals surface area contributed by atoms with Crippen LogP contribution >= 0.6 is 0 Å². The number of phenols is 1. The summed E-state index contributed by atoms with van der Waals surface area (Å²) < 4.78 is 45.7. The summed E-state index contributed by atoms with van der Waals surface area (Å²) in [7, 11) is 1.51. The van der Waals surface area contributed by atoms with Crippen LogP contribution in [0.15, 0.2) is 72.3 Å². The van der Waals surface area contributed by atoms with Crippen molar-refractivity contribution >= 4 is 23.1 Å². The number of aromatic hydroxyl groups is 1. The summed E-state index contributed by atoms with van der Waals surface area (Å²) in [6.07, 6.45) is -4.67. The Labute approximate surface area is 211 Å². The average Bonchev–Trinajstić information content (AvgIpc) is 3.13. The lowest BCUT2D eigenvalue weighted by Gasteiger charge is -2.26. The number of alkyl halides is 3. The van der Waals surface area contributed by atoms with Crippen molar-refractivity contribution in [1.82, 2.24) is 0 Å². The summed E-state index contributed by atoms with van der Waals surface area (Å²) in [5, 5.41) is 21.1. The molecule has 0 radical (unpaired) electrons. The molecule has 1 aliphatic rings. The molecule has 37 heavy (non-hydrogen) atoms. The van der Waals surface area contributed by atoms with E-state index in [0.29, 0.717) is 11.3 Å². The number of ketones is 1. The first-order chi connectivity index (χ1) is 17.4. The summed E-state index contributed by atoms with van der Waals surface area (Å²) in [5.74, 6) is -2.12. The van der Waals surface area contributed by atoms with E-state index in [4.69, 9.17) is 4.74 Å².